The lowest BCUT2D eigenvalue weighted by Gasteiger charge is -2.23. The Morgan fingerprint density at radius 3 is 2.54 bits per heavy atom. The van der Waals surface area contributed by atoms with Gasteiger partial charge in [-0.25, -0.2) is 0 Å². The van der Waals surface area contributed by atoms with Gasteiger partial charge < -0.3 is 10.2 Å². The first-order chi connectivity index (χ1) is 13.7. The van der Waals surface area contributed by atoms with Crippen molar-refractivity contribution >= 4 is 40.3 Å². The van der Waals surface area contributed by atoms with Crippen molar-refractivity contribution in [3.63, 3.8) is 0 Å². The molecule has 0 aromatic carbocycles. The third-order valence-electron chi connectivity index (χ3n) is 4.44. The van der Waals surface area contributed by atoms with Gasteiger partial charge in [-0.2, -0.15) is 0 Å². The molecule has 0 saturated heterocycles. The van der Waals surface area contributed by atoms with E-state index < -0.39 is 0 Å². The van der Waals surface area contributed by atoms with Crippen molar-refractivity contribution < 1.29 is 4.79 Å². The molecular formula is C22H32N2OS3. The average molecular weight is 437 g/mol. The highest BCUT2D eigenvalue weighted by atomic mass is 32.2. The maximum atomic E-state index is 12.8. The summed E-state index contributed by atoms with van der Waals surface area (Å²) in [5, 5.41) is 7.68. The van der Waals surface area contributed by atoms with Gasteiger partial charge >= 0.3 is 0 Å². The molecule has 0 fully saturated rings. The zero-order chi connectivity index (χ0) is 20.0. The smallest absolute Gasteiger partial charge is 0.223 e. The van der Waals surface area contributed by atoms with Gasteiger partial charge in [-0.15, -0.1) is 34.4 Å². The SMILES string of the molecule is CC/C=C(/CN(Cc1cccs1)C(=O)CCCCCNCc1cccs1)SC. The molecule has 0 aliphatic rings. The van der Waals surface area contributed by atoms with Crippen molar-refractivity contribution in [3.8, 4) is 0 Å². The molecule has 28 heavy (non-hydrogen) atoms. The van der Waals surface area contributed by atoms with Crippen LogP contribution in [0.5, 0.6) is 0 Å². The van der Waals surface area contributed by atoms with Gasteiger partial charge in [0.1, 0.15) is 0 Å². The summed E-state index contributed by atoms with van der Waals surface area (Å²) in [6.07, 6.45) is 9.16. The Bertz CT molecular complexity index is 681. The van der Waals surface area contributed by atoms with Crippen molar-refractivity contribution in [3.05, 3.63) is 55.8 Å². The fourth-order valence-electron chi connectivity index (χ4n) is 2.94. The van der Waals surface area contributed by atoms with Crippen LogP contribution in [0.2, 0.25) is 0 Å². The predicted molar refractivity (Wildman–Crippen MR) is 126 cm³/mol. The van der Waals surface area contributed by atoms with Crippen LogP contribution in [-0.2, 0) is 17.9 Å². The highest BCUT2D eigenvalue weighted by Crippen LogP contribution is 2.19. The Morgan fingerprint density at radius 2 is 1.89 bits per heavy atom. The number of nitrogens with zero attached hydrogens (tertiary/aromatic N) is 1. The fraction of sp³-hybridized carbons (Fsp3) is 0.500. The number of rotatable bonds is 14. The zero-order valence-electron chi connectivity index (χ0n) is 17.0. The second-order valence-electron chi connectivity index (χ2n) is 6.68. The van der Waals surface area contributed by atoms with Crippen LogP contribution in [0.15, 0.2) is 46.0 Å². The summed E-state index contributed by atoms with van der Waals surface area (Å²) < 4.78 is 0. The summed E-state index contributed by atoms with van der Waals surface area (Å²) in [7, 11) is 0. The van der Waals surface area contributed by atoms with Crippen LogP contribution in [0.4, 0.5) is 0 Å². The van der Waals surface area contributed by atoms with Crippen LogP contribution in [0.1, 0.15) is 48.8 Å². The number of unbranched alkanes of at least 4 members (excludes halogenated alkanes) is 2. The average Bonchev–Trinajstić information content (AvgIpc) is 3.40. The van der Waals surface area contributed by atoms with E-state index in [1.165, 1.54) is 14.7 Å². The Kier molecular flexibility index (Phi) is 11.6. The molecule has 0 aliphatic carbocycles. The molecular weight excluding hydrogens is 404 g/mol. The molecule has 1 amide bonds. The van der Waals surface area contributed by atoms with Gasteiger partial charge in [-0.3, -0.25) is 4.79 Å². The van der Waals surface area contributed by atoms with Crippen LogP contribution in [0.25, 0.3) is 0 Å². The summed E-state index contributed by atoms with van der Waals surface area (Å²) in [6.45, 7) is 5.57. The molecule has 0 unspecified atom stereocenters. The molecule has 3 nitrogen and oxygen atoms in total. The molecule has 2 aromatic rings. The van der Waals surface area contributed by atoms with Gasteiger partial charge in [-0.05, 0) is 59.9 Å². The van der Waals surface area contributed by atoms with E-state index in [1.54, 1.807) is 34.4 Å². The third-order valence-corrected chi connectivity index (χ3v) is 7.00. The van der Waals surface area contributed by atoms with Crippen molar-refractivity contribution in [1.29, 1.82) is 0 Å². The second kappa shape index (κ2) is 14.0. The first-order valence-corrected chi connectivity index (χ1v) is 13.0. The van der Waals surface area contributed by atoms with E-state index in [0.29, 0.717) is 6.42 Å². The van der Waals surface area contributed by atoms with Crippen LogP contribution in [0.3, 0.4) is 0 Å². The number of carbonyl (C=O) groups is 1. The number of hydrogen-bond donors (Lipinski definition) is 1. The maximum absolute atomic E-state index is 12.8. The van der Waals surface area contributed by atoms with E-state index in [9.17, 15) is 4.79 Å². The third kappa shape index (κ3) is 8.95. The molecule has 0 bridgehead atoms. The minimum Gasteiger partial charge on any atom is -0.333 e. The number of hydrogen-bond acceptors (Lipinski definition) is 5. The molecule has 0 aliphatic heterocycles. The second-order valence-corrected chi connectivity index (χ2v) is 9.68. The summed E-state index contributed by atoms with van der Waals surface area (Å²) in [5.74, 6) is 0.274. The first-order valence-electron chi connectivity index (χ1n) is 9.99. The topological polar surface area (TPSA) is 32.3 Å². The highest BCUT2D eigenvalue weighted by Gasteiger charge is 2.15. The largest absolute Gasteiger partial charge is 0.333 e. The normalized spacial score (nSPS) is 11.7. The molecule has 0 spiro atoms. The van der Waals surface area contributed by atoms with Crippen LogP contribution in [-0.4, -0.2) is 30.2 Å². The van der Waals surface area contributed by atoms with E-state index in [2.05, 4.69) is 59.6 Å². The summed E-state index contributed by atoms with van der Waals surface area (Å²) >= 11 is 5.27. The van der Waals surface area contributed by atoms with Gasteiger partial charge in [0.2, 0.25) is 5.91 Å². The Hall–Kier alpha value is -1.08. The van der Waals surface area contributed by atoms with Gasteiger partial charge in [0, 0.05) is 22.7 Å². The van der Waals surface area contributed by atoms with Crippen molar-refractivity contribution in [2.24, 2.45) is 0 Å². The first kappa shape index (κ1) is 23.2. The molecule has 6 heteroatoms. The van der Waals surface area contributed by atoms with Crippen LogP contribution >= 0.6 is 34.4 Å². The molecule has 0 saturated carbocycles. The van der Waals surface area contributed by atoms with Gasteiger partial charge in [0.15, 0.2) is 0 Å². The monoisotopic (exact) mass is 436 g/mol. The van der Waals surface area contributed by atoms with Crippen LogP contribution in [0, 0.1) is 0 Å². The Labute approximate surface area is 182 Å². The minimum absolute atomic E-state index is 0.274. The van der Waals surface area contributed by atoms with E-state index in [-0.39, 0.29) is 5.91 Å². The molecule has 2 heterocycles. The zero-order valence-corrected chi connectivity index (χ0v) is 19.4. The van der Waals surface area contributed by atoms with Crippen molar-refractivity contribution in [2.45, 2.75) is 52.1 Å². The number of allylic oxidation sites excluding steroid dienone is 1. The number of thiophene rings is 2. The summed E-state index contributed by atoms with van der Waals surface area (Å²) in [5.41, 5.74) is 0. The molecule has 2 aromatic heterocycles. The number of thioether (sulfide) groups is 1. The molecule has 1 N–H and O–H groups in total. The summed E-state index contributed by atoms with van der Waals surface area (Å²) in [4.78, 5) is 18.8. The standard InChI is InChI=1S/C22H32N2OS3/c1-3-9-20(26-2)17-24(18-21-11-8-15-28-21)22(25)12-5-4-6-13-23-16-19-10-7-14-27-19/h7-11,14-15,23H,3-6,12-13,16-18H2,1-2H3/b20-9-. The van der Waals surface area contributed by atoms with E-state index in [0.717, 1.165) is 51.9 Å². The number of nitrogens with one attached hydrogen (secondary N) is 1. The molecule has 0 radical (unpaired) electrons. The lowest BCUT2D eigenvalue weighted by atomic mass is 10.1. The number of carbonyl (C=O) groups excluding carboxylic acids is 1. The highest BCUT2D eigenvalue weighted by molar-refractivity contribution is 8.02. The minimum atomic E-state index is 0.274. The molecule has 154 valence electrons. The van der Waals surface area contributed by atoms with Gasteiger partial charge in [-0.1, -0.05) is 31.6 Å². The lowest BCUT2D eigenvalue weighted by molar-refractivity contribution is -0.131. The lowest BCUT2D eigenvalue weighted by Crippen LogP contribution is -2.31. The van der Waals surface area contributed by atoms with E-state index in [4.69, 9.17) is 0 Å². The fourth-order valence-corrected chi connectivity index (χ4v) is 4.95. The molecule has 2 rings (SSSR count). The van der Waals surface area contributed by atoms with E-state index in [1.807, 2.05) is 4.90 Å². The van der Waals surface area contributed by atoms with Crippen molar-refractivity contribution in [2.75, 3.05) is 19.3 Å². The Morgan fingerprint density at radius 1 is 1.14 bits per heavy atom. The van der Waals surface area contributed by atoms with E-state index >= 15 is 0 Å². The Balaban J connectivity index is 1.71. The molecule has 0 atom stereocenters. The van der Waals surface area contributed by atoms with Gasteiger partial charge in [0.25, 0.3) is 0 Å². The maximum Gasteiger partial charge on any atom is 0.223 e. The quantitative estimate of drug-likeness (QED) is 0.361. The van der Waals surface area contributed by atoms with Crippen LogP contribution < -0.4 is 5.32 Å². The predicted octanol–water partition coefficient (Wildman–Crippen LogP) is 6.15. The van der Waals surface area contributed by atoms with Crippen molar-refractivity contribution in [1.82, 2.24) is 10.2 Å². The van der Waals surface area contributed by atoms with Gasteiger partial charge in [0.05, 0.1) is 13.1 Å². The summed E-state index contributed by atoms with van der Waals surface area (Å²) in [6, 6.07) is 8.43. The number of amides is 1.